The normalized spacial score (nSPS) is 13.3. The van der Waals surface area contributed by atoms with Crippen molar-refractivity contribution in [3.8, 4) is 11.5 Å². The Hall–Kier alpha value is -3.87. The molecule has 3 aromatic carbocycles. The van der Waals surface area contributed by atoms with Gasteiger partial charge in [-0.2, -0.15) is 0 Å². The highest BCUT2D eigenvalue weighted by molar-refractivity contribution is 5.85. The average molecular weight is 460 g/mol. The molecule has 1 aromatic heterocycles. The van der Waals surface area contributed by atoms with Crippen LogP contribution in [0.15, 0.2) is 54.6 Å². The van der Waals surface area contributed by atoms with Crippen LogP contribution < -0.4 is 14.8 Å². The topological polar surface area (TPSA) is 65.4 Å². The number of amides is 1. The highest BCUT2D eigenvalue weighted by Gasteiger charge is 2.23. The van der Waals surface area contributed by atoms with Crippen LogP contribution in [0.1, 0.15) is 41.0 Å². The van der Waals surface area contributed by atoms with Crippen molar-refractivity contribution in [3.05, 3.63) is 88.5 Å². The lowest BCUT2D eigenvalue weighted by Gasteiger charge is -2.18. The minimum absolute atomic E-state index is 0.115. The van der Waals surface area contributed by atoms with E-state index < -0.39 is 6.04 Å². The highest BCUT2D eigenvalue weighted by Crippen LogP contribution is 2.32. The van der Waals surface area contributed by atoms with Gasteiger partial charge < -0.3 is 19.4 Å². The summed E-state index contributed by atoms with van der Waals surface area (Å²) < 4.78 is 26.2. The summed E-state index contributed by atoms with van der Waals surface area (Å²) in [7, 11) is 0. The van der Waals surface area contributed by atoms with E-state index in [9.17, 15) is 9.18 Å². The van der Waals surface area contributed by atoms with E-state index in [4.69, 9.17) is 14.5 Å². The molecule has 0 bridgehead atoms. The first-order chi connectivity index (χ1) is 16.4. The summed E-state index contributed by atoms with van der Waals surface area (Å²) >= 11 is 0. The van der Waals surface area contributed by atoms with Gasteiger partial charge in [0, 0.05) is 13.0 Å². The summed E-state index contributed by atoms with van der Waals surface area (Å²) in [5.74, 6) is 1.77. The molecule has 0 radical (unpaired) electrons. The number of halogens is 1. The summed E-state index contributed by atoms with van der Waals surface area (Å²) in [6.07, 6.45) is 0.493. The van der Waals surface area contributed by atoms with Gasteiger partial charge in [-0.05, 0) is 79.4 Å². The molecule has 2 heterocycles. The fraction of sp³-hybridized carbons (Fsp3) is 0.259. The third kappa shape index (κ3) is 4.21. The van der Waals surface area contributed by atoms with Gasteiger partial charge in [0.1, 0.15) is 17.7 Å². The molecule has 174 valence electrons. The van der Waals surface area contributed by atoms with E-state index in [-0.39, 0.29) is 18.5 Å². The van der Waals surface area contributed by atoms with E-state index in [0.29, 0.717) is 24.5 Å². The molecule has 0 fully saturated rings. The maximum Gasteiger partial charge on any atom is 0.243 e. The molecule has 1 N–H and O–H groups in total. The molecule has 0 saturated heterocycles. The van der Waals surface area contributed by atoms with Crippen LogP contribution in [0.2, 0.25) is 0 Å². The number of carbonyl (C=O) groups is 1. The maximum absolute atomic E-state index is 13.4. The van der Waals surface area contributed by atoms with Crippen LogP contribution in [0.5, 0.6) is 11.5 Å². The Morgan fingerprint density at radius 3 is 2.53 bits per heavy atom. The van der Waals surface area contributed by atoms with Gasteiger partial charge >= 0.3 is 0 Å². The lowest BCUT2D eigenvalue weighted by atomic mass is 10.1. The van der Waals surface area contributed by atoms with Gasteiger partial charge in [-0.3, -0.25) is 4.79 Å². The van der Waals surface area contributed by atoms with Crippen molar-refractivity contribution in [3.63, 3.8) is 0 Å². The zero-order valence-electron chi connectivity index (χ0n) is 19.4. The van der Waals surface area contributed by atoms with Crippen LogP contribution in [0.3, 0.4) is 0 Å². The molecule has 1 amide bonds. The van der Waals surface area contributed by atoms with Gasteiger partial charge in [-0.15, -0.1) is 0 Å². The van der Waals surface area contributed by atoms with Crippen molar-refractivity contribution in [1.82, 2.24) is 14.9 Å². The van der Waals surface area contributed by atoms with E-state index in [1.807, 2.05) is 35.8 Å². The van der Waals surface area contributed by atoms with Crippen LogP contribution in [0.4, 0.5) is 4.39 Å². The number of aryl methyl sites for hydroxylation is 2. The predicted molar refractivity (Wildman–Crippen MR) is 128 cm³/mol. The number of nitrogens with one attached hydrogen (secondary N) is 1. The monoisotopic (exact) mass is 459 g/mol. The third-order valence-electron chi connectivity index (χ3n) is 6.32. The fourth-order valence-corrected chi connectivity index (χ4v) is 4.25. The Bertz CT molecular complexity index is 1380. The minimum atomic E-state index is -0.489. The lowest BCUT2D eigenvalue weighted by Crippen LogP contribution is -2.31. The highest BCUT2D eigenvalue weighted by atomic mass is 19.1. The van der Waals surface area contributed by atoms with Gasteiger partial charge in [-0.25, -0.2) is 9.37 Å². The third-order valence-corrected chi connectivity index (χ3v) is 6.32. The van der Waals surface area contributed by atoms with Crippen LogP contribution in [-0.2, 0) is 17.8 Å². The molecule has 0 saturated carbocycles. The second-order valence-electron chi connectivity index (χ2n) is 8.71. The number of hydrogen-bond donors (Lipinski definition) is 1. The van der Waals surface area contributed by atoms with Crippen LogP contribution >= 0.6 is 0 Å². The number of aromatic nitrogens is 2. The first kappa shape index (κ1) is 21.9. The largest absolute Gasteiger partial charge is 0.454 e. The number of carbonyl (C=O) groups excluding carboxylic acids is 1. The average Bonchev–Trinajstić information content (AvgIpc) is 3.42. The van der Waals surface area contributed by atoms with Gasteiger partial charge in [0.2, 0.25) is 12.7 Å². The van der Waals surface area contributed by atoms with E-state index >= 15 is 0 Å². The minimum Gasteiger partial charge on any atom is -0.454 e. The van der Waals surface area contributed by atoms with Crippen molar-refractivity contribution in [2.75, 3.05) is 6.79 Å². The standard InChI is InChI=1S/C27H26FN3O3/c1-16-10-22-23(11-17(16)2)31(26(30-22)13-19-4-7-21(28)8-5-19)18(3)27(32)29-14-20-6-9-24-25(12-20)34-15-33-24/h4-12,18H,13-15H2,1-3H3,(H,29,32). The maximum atomic E-state index is 13.4. The molecule has 1 aliphatic heterocycles. The Morgan fingerprint density at radius 1 is 1.03 bits per heavy atom. The predicted octanol–water partition coefficient (Wildman–Crippen LogP) is 4.99. The van der Waals surface area contributed by atoms with Gasteiger partial charge in [0.15, 0.2) is 11.5 Å². The van der Waals surface area contributed by atoms with Crippen molar-refractivity contribution < 1.29 is 18.7 Å². The summed E-state index contributed by atoms with van der Waals surface area (Å²) in [6, 6.07) is 15.7. The van der Waals surface area contributed by atoms with Crippen LogP contribution in [-0.4, -0.2) is 22.3 Å². The molecule has 1 atom stereocenters. The molecule has 0 spiro atoms. The molecule has 5 rings (SSSR count). The Labute approximate surface area is 197 Å². The van der Waals surface area contributed by atoms with Crippen molar-refractivity contribution in [1.29, 1.82) is 0 Å². The number of rotatable bonds is 6. The van der Waals surface area contributed by atoms with Gasteiger partial charge in [0.25, 0.3) is 0 Å². The summed E-state index contributed by atoms with van der Waals surface area (Å²) in [5, 5.41) is 3.03. The second-order valence-corrected chi connectivity index (χ2v) is 8.71. The van der Waals surface area contributed by atoms with E-state index in [1.165, 1.54) is 12.1 Å². The molecular formula is C27H26FN3O3. The smallest absolute Gasteiger partial charge is 0.243 e. The SMILES string of the molecule is Cc1cc2nc(Cc3ccc(F)cc3)n(C(C)C(=O)NCc3ccc4c(c3)OCO4)c2cc1C. The lowest BCUT2D eigenvalue weighted by molar-refractivity contribution is -0.124. The number of hydrogen-bond acceptors (Lipinski definition) is 4. The van der Waals surface area contributed by atoms with Gasteiger partial charge in [0.05, 0.1) is 11.0 Å². The number of nitrogens with zero attached hydrogens (tertiary/aromatic N) is 2. The van der Waals surface area contributed by atoms with Crippen molar-refractivity contribution >= 4 is 16.9 Å². The Kier molecular flexibility index (Phi) is 5.69. The Balaban J connectivity index is 1.43. The van der Waals surface area contributed by atoms with Crippen molar-refractivity contribution in [2.45, 2.75) is 39.8 Å². The Morgan fingerprint density at radius 2 is 1.74 bits per heavy atom. The molecular weight excluding hydrogens is 433 g/mol. The second kappa shape index (κ2) is 8.82. The molecule has 0 aliphatic carbocycles. The van der Waals surface area contributed by atoms with Crippen LogP contribution in [0.25, 0.3) is 11.0 Å². The number of ether oxygens (including phenoxy) is 2. The number of fused-ring (bicyclic) bond motifs is 2. The number of imidazole rings is 1. The summed E-state index contributed by atoms with van der Waals surface area (Å²) in [5.41, 5.74) is 5.89. The first-order valence-electron chi connectivity index (χ1n) is 11.3. The molecule has 6 nitrogen and oxygen atoms in total. The summed E-state index contributed by atoms with van der Waals surface area (Å²) in [6.45, 7) is 6.56. The first-order valence-corrected chi connectivity index (χ1v) is 11.3. The fourth-order valence-electron chi connectivity index (χ4n) is 4.25. The summed E-state index contributed by atoms with van der Waals surface area (Å²) in [4.78, 5) is 18.1. The molecule has 7 heteroatoms. The van der Waals surface area contributed by atoms with Gasteiger partial charge in [-0.1, -0.05) is 18.2 Å². The van der Waals surface area contributed by atoms with Crippen LogP contribution in [0, 0.1) is 19.7 Å². The van der Waals surface area contributed by atoms with E-state index in [0.717, 1.165) is 39.1 Å². The molecule has 1 aliphatic rings. The molecule has 4 aromatic rings. The van der Waals surface area contributed by atoms with Crippen molar-refractivity contribution in [2.24, 2.45) is 0 Å². The quantitative estimate of drug-likeness (QED) is 0.441. The van der Waals surface area contributed by atoms with E-state index in [2.05, 4.69) is 25.2 Å². The van der Waals surface area contributed by atoms with E-state index in [1.54, 1.807) is 12.1 Å². The number of benzene rings is 3. The zero-order valence-corrected chi connectivity index (χ0v) is 19.4. The zero-order chi connectivity index (χ0) is 23.8. The molecule has 1 unspecified atom stereocenters. The molecule has 34 heavy (non-hydrogen) atoms.